The van der Waals surface area contributed by atoms with Gasteiger partial charge in [0, 0.05) is 12.1 Å². The van der Waals surface area contributed by atoms with Crippen molar-refractivity contribution >= 4 is 40.6 Å². The van der Waals surface area contributed by atoms with Gasteiger partial charge >= 0.3 is 5.97 Å². The number of likely N-dealkylation sites (N-methyl/N-ethyl adjacent to an activating group) is 1. The van der Waals surface area contributed by atoms with Crippen LogP contribution in [0, 0.1) is 0 Å². The van der Waals surface area contributed by atoms with Crippen molar-refractivity contribution in [1.82, 2.24) is 4.90 Å². The van der Waals surface area contributed by atoms with Crippen LogP contribution in [0.25, 0.3) is 6.08 Å². The van der Waals surface area contributed by atoms with Gasteiger partial charge in [-0.15, -0.1) is 0 Å². The number of hydrogen-bond donors (Lipinski definition) is 1. The number of benzene rings is 2. The molecule has 1 heterocycles. The Morgan fingerprint density at radius 1 is 1.20 bits per heavy atom. The van der Waals surface area contributed by atoms with E-state index in [0.717, 1.165) is 0 Å². The van der Waals surface area contributed by atoms with Crippen molar-refractivity contribution in [3.05, 3.63) is 58.5 Å². The number of esters is 1. The van der Waals surface area contributed by atoms with Crippen LogP contribution >= 0.6 is 11.8 Å². The Hall–Kier alpha value is -3.26. The highest BCUT2D eigenvalue weighted by Gasteiger charge is 2.32. The summed E-state index contributed by atoms with van der Waals surface area (Å²) in [5.41, 5.74) is 1.54. The van der Waals surface area contributed by atoms with Gasteiger partial charge in [0.1, 0.15) is 0 Å². The minimum absolute atomic E-state index is 0.0242. The highest BCUT2D eigenvalue weighted by Crippen LogP contribution is 2.37. The molecular formula is C22H22N2O5S. The summed E-state index contributed by atoms with van der Waals surface area (Å²) in [4.78, 5) is 31.2. The number of phenolic OH excluding ortho intramolecular Hbond substituents is 1. The van der Waals surface area contributed by atoms with Gasteiger partial charge in [-0.2, -0.15) is 0 Å². The monoisotopic (exact) mass is 426 g/mol. The first kappa shape index (κ1) is 21.4. The van der Waals surface area contributed by atoms with Gasteiger partial charge in [-0.3, -0.25) is 9.69 Å². The van der Waals surface area contributed by atoms with E-state index in [1.165, 1.54) is 18.9 Å². The standard InChI is InChI=1S/C22H22N2O5S/c1-4-24-20(26)18(13-15-7-6-8-17(28-3)19(15)25)30-22(24)23-16-11-9-14(10-12-16)21(27)29-5-2/h6-13,25H,4-5H2,1-3H3/b18-13-,23-22?. The van der Waals surface area contributed by atoms with Crippen molar-refractivity contribution in [2.24, 2.45) is 4.99 Å². The van der Waals surface area contributed by atoms with Gasteiger partial charge in [-0.1, -0.05) is 12.1 Å². The summed E-state index contributed by atoms with van der Waals surface area (Å²) in [5, 5.41) is 10.8. The molecule has 1 N–H and O–H groups in total. The Bertz CT molecular complexity index is 1010. The van der Waals surface area contributed by atoms with Gasteiger partial charge in [0.25, 0.3) is 5.91 Å². The molecule has 0 saturated carbocycles. The van der Waals surface area contributed by atoms with Crippen LogP contribution in [0.3, 0.4) is 0 Å². The molecule has 7 nitrogen and oxygen atoms in total. The number of amidine groups is 1. The maximum absolute atomic E-state index is 12.8. The number of amides is 1. The molecule has 0 bridgehead atoms. The molecule has 30 heavy (non-hydrogen) atoms. The summed E-state index contributed by atoms with van der Waals surface area (Å²) < 4.78 is 10.1. The summed E-state index contributed by atoms with van der Waals surface area (Å²) in [6.07, 6.45) is 1.62. The number of rotatable bonds is 6. The fourth-order valence-electron chi connectivity index (χ4n) is 2.83. The molecule has 2 aromatic rings. The Morgan fingerprint density at radius 2 is 1.93 bits per heavy atom. The minimum atomic E-state index is -0.388. The zero-order chi connectivity index (χ0) is 21.7. The molecule has 0 radical (unpaired) electrons. The van der Waals surface area contributed by atoms with E-state index in [0.29, 0.717) is 45.8 Å². The van der Waals surface area contributed by atoms with Crippen LogP contribution in [0.1, 0.15) is 29.8 Å². The maximum Gasteiger partial charge on any atom is 0.338 e. The van der Waals surface area contributed by atoms with Gasteiger partial charge in [-0.05, 0) is 62.0 Å². The average molecular weight is 426 g/mol. The number of para-hydroxylation sites is 1. The van der Waals surface area contributed by atoms with E-state index in [4.69, 9.17) is 9.47 Å². The van der Waals surface area contributed by atoms with Gasteiger partial charge in [-0.25, -0.2) is 9.79 Å². The summed E-state index contributed by atoms with van der Waals surface area (Å²) >= 11 is 1.23. The fraction of sp³-hybridized carbons (Fsp3) is 0.227. The first-order valence-electron chi connectivity index (χ1n) is 9.41. The van der Waals surface area contributed by atoms with Crippen LogP contribution in [-0.4, -0.2) is 47.3 Å². The molecule has 1 aliphatic heterocycles. The third-order valence-corrected chi connectivity index (χ3v) is 5.35. The third kappa shape index (κ3) is 4.49. The van der Waals surface area contributed by atoms with Crippen molar-refractivity contribution in [3.63, 3.8) is 0 Å². The van der Waals surface area contributed by atoms with Crippen molar-refractivity contribution in [1.29, 1.82) is 0 Å². The number of hydrogen-bond acceptors (Lipinski definition) is 7. The highest BCUT2D eigenvalue weighted by molar-refractivity contribution is 8.18. The van der Waals surface area contributed by atoms with Crippen molar-refractivity contribution < 1.29 is 24.2 Å². The number of thioether (sulfide) groups is 1. The molecule has 0 atom stereocenters. The molecule has 8 heteroatoms. The number of nitrogens with zero attached hydrogens (tertiary/aromatic N) is 2. The summed E-state index contributed by atoms with van der Waals surface area (Å²) in [6, 6.07) is 11.8. The molecule has 3 rings (SSSR count). The fourth-order valence-corrected chi connectivity index (χ4v) is 3.88. The normalized spacial score (nSPS) is 16.4. The smallest absolute Gasteiger partial charge is 0.338 e. The van der Waals surface area contributed by atoms with Crippen molar-refractivity contribution in [3.8, 4) is 11.5 Å². The summed E-state index contributed by atoms with van der Waals surface area (Å²) in [5.74, 6) is -0.265. The second-order valence-electron chi connectivity index (χ2n) is 6.22. The molecule has 0 spiro atoms. The van der Waals surface area contributed by atoms with Gasteiger partial charge in [0.2, 0.25) is 0 Å². The van der Waals surface area contributed by atoms with E-state index in [-0.39, 0.29) is 17.6 Å². The molecule has 1 amide bonds. The first-order chi connectivity index (χ1) is 14.5. The van der Waals surface area contributed by atoms with Crippen LogP contribution in [0.2, 0.25) is 0 Å². The number of ether oxygens (including phenoxy) is 2. The number of methoxy groups -OCH3 is 1. The second kappa shape index (κ2) is 9.49. The van der Waals surface area contributed by atoms with Crippen molar-refractivity contribution in [2.45, 2.75) is 13.8 Å². The zero-order valence-electron chi connectivity index (χ0n) is 16.9. The topological polar surface area (TPSA) is 88.4 Å². The predicted octanol–water partition coefficient (Wildman–Crippen LogP) is 4.20. The Kier molecular flexibility index (Phi) is 6.79. The zero-order valence-corrected chi connectivity index (χ0v) is 17.7. The third-order valence-electron chi connectivity index (χ3n) is 4.34. The molecule has 0 aliphatic carbocycles. The summed E-state index contributed by atoms with van der Waals surface area (Å²) in [6.45, 7) is 4.38. The van der Waals surface area contributed by atoms with E-state index in [9.17, 15) is 14.7 Å². The number of phenols is 1. The van der Waals surface area contributed by atoms with E-state index in [1.54, 1.807) is 60.4 Å². The Balaban J connectivity index is 1.88. The van der Waals surface area contributed by atoms with Crippen LogP contribution in [-0.2, 0) is 9.53 Å². The van der Waals surface area contributed by atoms with Gasteiger partial charge in [0.15, 0.2) is 16.7 Å². The Morgan fingerprint density at radius 3 is 2.57 bits per heavy atom. The van der Waals surface area contributed by atoms with Crippen LogP contribution in [0.15, 0.2) is 52.4 Å². The lowest BCUT2D eigenvalue weighted by Gasteiger charge is -2.12. The molecule has 2 aromatic carbocycles. The number of carbonyl (C=O) groups is 2. The molecule has 0 aromatic heterocycles. The lowest BCUT2D eigenvalue weighted by atomic mass is 10.1. The molecule has 0 unspecified atom stereocenters. The second-order valence-corrected chi connectivity index (χ2v) is 7.23. The maximum atomic E-state index is 12.8. The number of aliphatic imine (C=N–C) groups is 1. The summed E-state index contributed by atoms with van der Waals surface area (Å²) in [7, 11) is 1.47. The molecule has 1 saturated heterocycles. The lowest BCUT2D eigenvalue weighted by molar-refractivity contribution is -0.122. The quantitative estimate of drug-likeness (QED) is 0.550. The molecule has 1 fully saturated rings. The highest BCUT2D eigenvalue weighted by atomic mass is 32.2. The molecule has 156 valence electrons. The predicted molar refractivity (Wildman–Crippen MR) is 117 cm³/mol. The SMILES string of the molecule is CCOC(=O)c1ccc(N=C2S/C(=C\c3cccc(OC)c3O)C(=O)N2CC)cc1. The van der Waals surface area contributed by atoms with Crippen LogP contribution < -0.4 is 4.74 Å². The van der Waals surface area contributed by atoms with Crippen molar-refractivity contribution in [2.75, 3.05) is 20.3 Å². The molecular weight excluding hydrogens is 404 g/mol. The van der Waals surface area contributed by atoms with E-state index in [2.05, 4.69) is 4.99 Å². The minimum Gasteiger partial charge on any atom is -0.504 e. The largest absolute Gasteiger partial charge is 0.504 e. The first-order valence-corrected chi connectivity index (χ1v) is 10.2. The van der Waals surface area contributed by atoms with Gasteiger partial charge in [0.05, 0.1) is 29.9 Å². The number of aromatic hydroxyl groups is 1. The molecule has 1 aliphatic rings. The average Bonchev–Trinajstić information content (AvgIpc) is 3.04. The van der Waals surface area contributed by atoms with E-state index in [1.807, 2.05) is 6.92 Å². The Labute approximate surface area is 179 Å². The van der Waals surface area contributed by atoms with E-state index >= 15 is 0 Å². The number of carbonyl (C=O) groups excluding carboxylic acids is 2. The van der Waals surface area contributed by atoms with E-state index < -0.39 is 0 Å². The van der Waals surface area contributed by atoms with Crippen LogP contribution in [0.4, 0.5) is 5.69 Å². The van der Waals surface area contributed by atoms with Gasteiger partial charge < -0.3 is 14.6 Å². The lowest BCUT2D eigenvalue weighted by Crippen LogP contribution is -2.28. The van der Waals surface area contributed by atoms with Crippen LogP contribution in [0.5, 0.6) is 11.5 Å².